The number of rotatable bonds is 2. The van der Waals surface area contributed by atoms with Crippen LogP contribution in [0.5, 0.6) is 0 Å². The Hall–Kier alpha value is -2.46. The molecular weight excluding hydrogens is 286 g/mol. The highest BCUT2D eigenvalue weighted by atomic mass is 35.5. The molecule has 21 heavy (non-hydrogen) atoms. The third-order valence-electron chi connectivity index (χ3n) is 3.05. The van der Waals surface area contributed by atoms with Crippen molar-refractivity contribution in [3.8, 4) is 0 Å². The number of anilines is 1. The molecule has 2 aromatic heterocycles. The number of nitrogens with one attached hydrogen (secondary N) is 1. The molecule has 104 valence electrons. The number of carbonyl (C=O) groups excluding carboxylic acids is 1. The summed E-state index contributed by atoms with van der Waals surface area (Å²) in [6.45, 7) is 1.93. The fraction of sp³-hybridized carbons (Fsp3) is 0.0625. The Balaban J connectivity index is 1.92. The number of para-hydroxylation sites is 1. The van der Waals surface area contributed by atoms with E-state index in [1.165, 1.54) is 0 Å². The predicted octanol–water partition coefficient (Wildman–Crippen LogP) is 3.84. The van der Waals surface area contributed by atoms with Crippen LogP contribution in [0.1, 0.15) is 16.1 Å². The maximum Gasteiger partial charge on any atom is 0.275 e. The summed E-state index contributed by atoms with van der Waals surface area (Å²) in [5, 5.41) is 4.03. The van der Waals surface area contributed by atoms with Gasteiger partial charge in [0.1, 0.15) is 11.5 Å². The first-order chi connectivity index (χ1) is 10.1. The van der Waals surface area contributed by atoms with E-state index in [9.17, 15) is 4.79 Å². The van der Waals surface area contributed by atoms with Crippen LogP contribution in [0.3, 0.4) is 0 Å². The third-order valence-corrected chi connectivity index (χ3v) is 3.36. The van der Waals surface area contributed by atoms with Gasteiger partial charge < -0.3 is 5.32 Å². The van der Waals surface area contributed by atoms with Gasteiger partial charge in [-0.25, -0.2) is 9.97 Å². The molecule has 1 N–H and O–H groups in total. The van der Waals surface area contributed by atoms with Crippen LogP contribution in [0.2, 0.25) is 5.02 Å². The van der Waals surface area contributed by atoms with Gasteiger partial charge in [-0.05, 0) is 30.7 Å². The van der Waals surface area contributed by atoms with Gasteiger partial charge in [-0.2, -0.15) is 0 Å². The van der Waals surface area contributed by atoms with E-state index in [0.29, 0.717) is 16.4 Å². The number of benzene rings is 1. The summed E-state index contributed by atoms with van der Waals surface area (Å²) in [5.41, 5.74) is 1.98. The second kappa shape index (κ2) is 5.50. The summed E-state index contributed by atoms with van der Waals surface area (Å²) in [6, 6.07) is 12.6. The summed E-state index contributed by atoms with van der Waals surface area (Å²) >= 11 is 6.19. The Kier molecular flexibility index (Phi) is 3.54. The zero-order chi connectivity index (χ0) is 14.8. The molecule has 1 amide bonds. The van der Waals surface area contributed by atoms with Gasteiger partial charge in [0, 0.05) is 11.6 Å². The van der Waals surface area contributed by atoms with Crippen LogP contribution in [0.4, 0.5) is 5.82 Å². The van der Waals surface area contributed by atoms with Crippen LogP contribution in [-0.2, 0) is 0 Å². The number of fused-ring (bicyclic) bond motifs is 1. The van der Waals surface area contributed by atoms with Gasteiger partial charge in [-0.3, -0.25) is 4.79 Å². The van der Waals surface area contributed by atoms with Crippen molar-refractivity contribution in [1.82, 2.24) is 9.97 Å². The molecule has 0 fully saturated rings. The Morgan fingerprint density at radius 2 is 2.00 bits per heavy atom. The molecule has 0 radical (unpaired) electrons. The lowest BCUT2D eigenvalue weighted by Gasteiger charge is -2.06. The van der Waals surface area contributed by atoms with E-state index in [1.54, 1.807) is 18.3 Å². The number of amides is 1. The van der Waals surface area contributed by atoms with Crippen molar-refractivity contribution in [2.75, 3.05) is 5.32 Å². The molecule has 0 aliphatic rings. The van der Waals surface area contributed by atoms with Crippen molar-refractivity contribution in [3.63, 3.8) is 0 Å². The first-order valence-corrected chi connectivity index (χ1v) is 6.80. The minimum Gasteiger partial charge on any atom is -0.305 e. The Morgan fingerprint density at radius 3 is 2.76 bits per heavy atom. The lowest BCUT2D eigenvalue weighted by atomic mass is 10.2. The molecule has 3 aromatic rings. The highest BCUT2D eigenvalue weighted by Gasteiger charge is 2.11. The van der Waals surface area contributed by atoms with Crippen LogP contribution < -0.4 is 5.32 Å². The minimum absolute atomic E-state index is 0.265. The van der Waals surface area contributed by atoms with Gasteiger partial charge in [-0.1, -0.05) is 35.9 Å². The molecular formula is C16H12ClN3O. The van der Waals surface area contributed by atoms with E-state index in [4.69, 9.17) is 11.6 Å². The van der Waals surface area contributed by atoms with Crippen LogP contribution in [0, 0.1) is 6.92 Å². The standard InChI is InChI=1S/C16H12ClN3O/c1-10-6-7-15(18-9-10)20-16(21)14-8-12(17)11-4-2-3-5-13(11)19-14/h2-9H,1H3,(H,18,20,21). The SMILES string of the molecule is Cc1ccc(NC(=O)c2cc(Cl)c3ccccc3n2)nc1. The molecule has 0 saturated carbocycles. The Morgan fingerprint density at radius 1 is 1.19 bits per heavy atom. The molecule has 2 heterocycles. The number of halogens is 1. The molecule has 0 spiro atoms. The number of hydrogen-bond acceptors (Lipinski definition) is 3. The zero-order valence-corrected chi connectivity index (χ0v) is 12.1. The average molecular weight is 298 g/mol. The predicted molar refractivity (Wildman–Crippen MR) is 83.7 cm³/mol. The summed E-state index contributed by atoms with van der Waals surface area (Å²) in [4.78, 5) is 20.7. The number of carbonyl (C=O) groups is 1. The summed E-state index contributed by atoms with van der Waals surface area (Å²) < 4.78 is 0. The van der Waals surface area contributed by atoms with Gasteiger partial charge >= 0.3 is 0 Å². The topological polar surface area (TPSA) is 54.9 Å². The first-order valence-electron chi connectivity index (χ1n) is 6.43. The van der Waals surface area contributed by atoms with E-state index < -0.39 is 0 Å². The lowest BCUT2D eigenvalue weighted by Crippen LogP contribution is -2.14. The van der Waals surface area contributed by atoms with Crippen molar-refractivity contribution in [2.24, 2.45) is 0 Å². The van der Waals surface area contributed by atoms with Crippen LogP contribution in [-0.4, -0.2) is 15.9 Å². The molecule has 0 aliphatic heterocycles. The van der Waals surface area contributed by atoms with Crippen LogP contribution in [0.25, 0.3) is 10.9 Å². The van der Waals surface area contributed by atoms with E-state index >= 15 is 0 Å². The van der Waals surface area contributed by atoms with E-state index in [2.05, 4.69) is 15.3 Å². The smallest absolute Gasteiger partial charge is 0.275 e. The number of pyridine rings is 2. The molecule has 0 aliphatic carbocycles. The van der Waals surface area contributed by atoms with Crippen LogP contribution in [0.15, 0.2) is 48.7 Å². The molecule has 0 bridgehead atoms. The molecule has 1 aromatic carbocycles. The van der Waals surface area contributed by atoms with E-state index in [-0.39, 0.29) is 11.6 Å². The van der Waals surface area contributed by atoms with Gasteiger partial charge in [0.25, 0.3) is 5.91 Å². The van der Waals surface area contributed by atoms with Gasteiger partial charge in [0.05, 0.1) is 10.5 Å². The molecule has 5 heteroatoms. The van der Waals surface area contributed by atoms with Gasteiger partial charge in [0.15, 0.2) is 0 Å². The van der Waals surface area contributed by atoms with E-state index in [1.807, 2.05) is 37.3 Å². The van der Waals surface area contributed by atoms with Gasteiger partial charge in [0.2, 0.25) is 0 Å². The fourth-order valence-corrected chi connectivity index (χ4v) is 2.23. The maximum absolute atomic E-state index is 12.2. The molecule has 0 unspecified atom stereocenters. The van der Waals surface area contributed by atoms with Crippen molar-refractivity contribution in [3.05, 3.63) is 64.9 Å². The Labute approximate surface area is 126 Å². The zero-order valence-electron chi connectivity index (χ0n) is 11.3. The normalized spacial score (nSPS) is 10.6. The van der Waals surface area contributed by atoms with E-state index in [0.717, 1.165) is 10.9 Å². The molecule has 3 rings (SSSR count). The largest absolute Gasteiger partial charge is 0.305 e. The summed E-state index contributed by atoms with van der Waals surface area (Å²) in [7, 11) is 0. The second-order valence-corrected chi connectivity index (χ2v) is 5.09. The van der Waals surface area contributed by atoms with Crippen molar-refractivity contribution in [2.45, 2.75) is 6.92 Å². The van der Waals surface area contributed by atoms with Crippen molar-refractivity contribution >= 4 is 34.2 Å². The molecule has 4 nitrogen and oxygen atoms in total. The number of aromatic nitrogens is 2. The highest BCUT2D eigenvalue weighted by molar-refractivity contribution is 6.35. The van der Waals surface area contributed by atoms with Crippen molar-refractivity contribution < 1.29 is 4.79 Å². The monoisotopic (exact) mass is 297 g/mol. The maximum atomic E-state index is 12.2. The Bertz CT molecular complexity index is 815. The number of aryl methyl sites for hydroxylation is 1. The molecule has 0 saturated heterocycles. The minimum atomic E-state index is -0.334. The first kappa shape index (κ1) is 13.5. The van der Waals surface area contributed by atoms with Crippen LogP contribution >= 0.6 is 11.6 Å². The summed E-state index contributed by atoms with van der Waals surface area (Å²) in [5.74, 6) is 0.149. The lowest BCUT2D eigenvalue weighted by molar-refractivity contribution is 0.102. The number of hydrogen-bond donors (Lipinski definition) is 1. The number of nitrogens with zero attached hydrogens (tertiary/aromatic N) is 2. The van der Waals surface area contributed by atoms with Crippen molar-refractivity contribution in [1.29, 1.82) is 0 Å². The third kappa shape index (κ3) is 2.85. The highest BCUT2D eigenvalue weighted by Crippen LogP contribution is 2.23. The average Bonchev–Trinajstić information content (AvgIpc) is 2.49. The molecule has 0 atom stereocenters. The van der Waals surface area contributed by atoms with Gasteiger partial charge in [-0.15, -0.1) is 0 Å². The fourth-order valence-electron chi connectivity index (χ4n) is 1.97. The summed E-state index contributed by atoms with van der Waals surface area (Å²) in [6.07, 6.45) is 1.69. The quantitative estimate of drug-likeness (QED) is 0.782. The second-order valence-electron chi connectivity index (χ2n) is 4.68.